The molecule has 0 unspecified atom stereocenters. The molecule has 7 heteroatoms. The van der Waals surface area contributed by atoms with E-state index in [9.17, 15) is 15.0 Å². The number of phenolic OH excluding ortho intramolecular Hbond substituents is 2. The van der Waals surface area contributed by atoms with E-state index in [1.54, 1.807) is 18.2 Å². The largest absolute Gasteiger partial charge is 0.508 e. The van der Waals surface area contributed by atoms with E-state index in [2.05, 4.69) is 0 Å². The number of benzene rings is 2. The standard InChI is InChI=1S/C18H18O7/c1-22-15-5-10(3-4-13(15)19)11(7-18(21)23-2)12-6-16-17(8-14(12)20)25-9-24-16/h3-6,8,11,19-20H,7,9H2,1-2H3/t11-/m0/s1. The van der Waals surface area contributed by atoms with Gasteiger partial charge in [-0.2, -0.15) is 0 Å². The maximum absolute atomic E-state index is 11.9. The van der Waals surface area contributed by atoms with Crippen LogP contribution in [0, 0.1) is 0 Å². The van der Waals surface area contributed by atoms with Crippen LogP contribution in [-0.4, -0.2) is 37.2 Å². The Morgan fingerprint density at radius 3 is 2.52 bits per heavy atom. The molecule has 1 atom stereocenters. The fraction of sp³-hybridized carbons (Fsp3) is 0.278. The highest BCUT2D eigenvalue weighted by Crippen LogP contribution is 2.44. The van der Waals surface area contributed by atoms with Crippen LogP contribution >= 0.6 is 0 Å². The number of ether oxygens (including phenoxy) is 4. The maximum atomic E-state index is 11.9. The van der Waals surface area contributed by atoms with Gasteiger partial charge in [0.1, 0.15) is 5.75 Å². The second-order valence-corrected chi connectivity index (χ2v) is 5.53. The van der Waals surface area contributed by atoms with Crippen molar-refractivity contribution in [3.63, 3.8) is 0 Å². The lowest BCUT2D eigenvalue weighted by molar-refractivity contribution is -0.140. The summed E-state index contributed by atoms with van der Waals surface area (Å²) in [7, 11) is 2.74. The first-order valence-electron chi connectivity index (χ1n) is 7.59. The fourth-order valence-electron chi connectivity index (χ4n) is 2.79. The van der Waals surface area contributed by atoms with Gasteiger partial charge in [-0.1, -0.05) is 6.07 Å². The molecule has 1 heterocycles. The van der Waals surface area contributed by atoms with Crippen molar-refractivity contribution in [1.29, 1.82) is 0 Å². The van der Waals surface area contributed by atoms with Gasteiger partial charge in [0.2, 0.25) is 6.79 Å². The second-order valence-electron chi connectivity index (χ2n) is 5.53. The van der Waals surface area contributed by atoms with Crippen molar-refractivity contribution in [2.45, 2.75) is 12.3 Å². The summed E-state index contributed by atoms with van der Waals surface area (Å²) in [6.07, 6.45) is -0.00235. The Balaban J connectivity index is 2.08. The van der Waals surface area contributed by atoms with Crippen LogP contribution < -0.4 is 14.2 Å². The van der Waals surface area contributed by atoms with Gasteiger partial charge in [-0.15, -0.1) is 0 Å². The first kappa shape index (κ1) is 16.8. The van der Waals surface area contributed by atoms with E-state index in [-0.39, 0.29) is 30.5 Å². The Labute approximate surface area is 144 Å². The molecule has 1 aliphatic rings. The number of hydrogen-bond acceptors (Lipinski definition) is 7. The van der Waals surface area contributed by atoms with Gasteiger partial charge >= 0.3 is 5.97 Å². The summed E-state index contributed by atoms with van der Waals surface area (Å²) >= 11 is 0. The molecule has 0 fully saturated rings. The Morgan fingerprint density at radius 2 is 1.84 bits per heavy atom. The first-order chi connectivity index (χ1) is 12.0. The van der Waals surface area contributed by atoms with E-state index >= 15 is 0 Å². The number of rotatable bonds is 5. The first-order valence-corrected chi connectivity index (χ1v) is 7.59. The lowest BCUT2D eigenvalue weighted by Gasteiger charge is -2.19. The predicted molar refractivity (Wildman–Crippen MR) is 87.4 cm³/mol. The number of esters is 1. The zero-order valence-electron chi connectivity index (χ0n) is 13.8. The number of fused-ring (bicyclic) bond motifs is 1. The summed E-state index contributed by atoms with van der Waals surface area (Å²) in [6, 6.07) is 7.86. The van der Waals surface area contributed by atoms with Crippen LogP contribution in [0.5, 0.6) is 28.7 Å². The van der Waals surface area contributed by atoms with Crippen LogP contribution in [0.4, 0.5) is 0 Å². The molecule has 0 amide bonds. The second kappa shape index (κ2) is 6.80. The number of hydrogen-bond donors (Lipinski definition) is 2. The van der Waals surface area contributed by atoms with Crippen molar-refractivity contribution in [3.05, 3.63) is 41.5 Å². The maximum Gasteiger partial charge on any atom is 0.306 e. The van der Waals surface area contributed by atoms with Gasteiger partial charge in [0.25, 0.3) is 0 Å². The molecule has 132 valence electrons. The van der Waals surface area contributed by atoms with Gasteiger partial charge in [-0.05, 0) is 23.8 Å². The molecular formula is C18H18O7. The molecule has 3 rings (SSSR count). The molecule has 0 aromatic heterocycles. The third-order valence-electron chi connectivity index (χ3n) is 4.10. The summed E-state index contributed by atoms with van der Waals surface area (Å²) in [5, 5.41) is 20.2. The van der Waals surface area contributed by atoms with Gasteiger partial charge in [-0.3, -0.25) is 4.79 Å². The van der Waals surface area contributed by atoms with Crippen LogP contribution in [0.25, 0.3) is 0 Å². The number of phenols is 2. The minimum absolute atomic E-state index is 0.00235. The highest BCUT2D eigenvalue weighted by Gasteiger charge is 2.26. The van der Waals surface area contributed by atoms with Gasteiger partial charge < -0.3 is 29.2 Å². The van der Waals surface area contributed by atoms with Crippen molar-refractivity contribution in [2.24, 2.45) is 0 Å². The molecular weight excluding hydrogens is 328 g/mol. The normalized spacial score (nSPS) is 13.4. The Bertz CT molecular complexity index is 800. The van der Waals surface area contributed by atoms with Crippen LogP contribution in [0.2, 0.25) is 0 Å². The third-order valence-corrected chi connectivity index (χ3v) is 4.10. The lowest BCUT2D eigenvalue weighted by atomic mass is 9.87. The molecule has 25 heavy (non-hydrogen) atoms. The number of methoxy groups -OCH3 is 2. The minimum atomic E-state index is -0.517. The molecule has 0 saturated heterocycles. The number of aromatic hydroxyl groups is 2. The summed E-state index contributed by atoms with van der Waals surface area (Å²) in [4.78, 5) is 11.9. The van der Waals surface area contributed by atoms with Crippen LogP contribution in [0.1, 0.15) is 23.5 Å². The zero-order chi connectivity index (χ0) is 18.0. The van der Waals surface area contributed by atoms with Crippen LogP contribution in [0.15, 0.2) is 30.3 Å². The summed E-state index contributed by atoms with van der Waals surface area (Å²) in [5.74, 6) is 0.219. The number of carbonyl (C=O) groups is 1. The predicted octanol–water partition coefficient (Wildman–Crippen LogP) is 2.53. The molecule has 0 spiro atoms. The van der Waals surface area contributed by atoms with Crippen molar-refractivity contribution in [2.75, 3.05) is 21.0 Å². The molecule has 0 saturated carbocycles. The van der Waals surface area contributed by atoms with E-state index in [0.717, 1.165) is 0 Å². The monoisotopic (exact) mass is 346 g/mol. The van der Waals surface area contributed by atoms with Crippen molar-refractivity contribution in [3.8, 4) is 28.7 Å². The van der Waals surface area contributed by atoms with Crippen molar-refractivity contribution < 1.29 is 34.0 Å². The third kappa shape index (κ3) is 3.26. The highest BCUT2D eigenvalue weighted by atomic mass is 16.7. The van der Waals surface area contributed by atoms with Crippen LogP contribution in [0.3, 0.4) is 0 Å². The van der Waals surface area contributed by atoms with Crippen molar-refractivity contribution >= 4 is 5.97 Å². The molecule has 2 N–H and O–H groups in total. The quantitative estimate of drug-likeness (QED) is 0.803. The molecule has 1 aliphatic heterocycles. The van der Waals surface area contributed by atoms with Gasteiger partial charge in [0, 0.05) is 17.5 Å². The van der Waals surface area contributed by atoms with E-state index in [1.165, 1.54) is 26.4 Å². The summed E-state index contributed by atoms with van der Waals surface area (Å²) in [5.41, 5.74) is 1.16. The average Bonchev–Trinajstić information content (AvgIpc) is 3.06. The molecule has 0 aliphatic carbocycles. The van der Waals surface area contributed by atoms with E-state index in [0.29, 0.717) is 22.6 Å². The SMILES string of the molecule is COC(=O)C[C@@H](c1ccc(O)c(OC)c1)c1cc2c(cc1O)OCO2. The van der Waals surface area contributed by atoms with Crippen LogP contribution in [-0.2, 0) is 9.53 Å². The summed E-state index contributed by atoms with van der Waals surface area (Å²) < 4.78 is 20.5. The molecule has 7 nitrogen and oxygen atoms in total. The average molecular weight is 346 g/mol. The van der Waals surface area contributed by atoms with Gasteiger partial charge in [-0.25, -0.2) is 0 Å². The molecule has 2 aromatic carbocycles. The lowest BCUT2D eigenvalue weighted by Crippen LogP contribution is -2.10. The Hall–Kier alpha value is -3.09. The Morgan fingerprint density at radius 1 is 1.12 bits per heavy atom. The van der Waals surface area contributed by atoms with E-state index in [1.807, 2.05) is 0 Å². The topological polar surface area (TPSA) is 94.5 Å². The van der Waals surface area contributed by atoms with Crippen molar-refractivity contribution in [1.82, 2.24) is 0 Å². The minimum Gasteiger partial charge on any atom is -0.508 e. The van der Waals surface area contributed by atoms with Gasteiger partial charge in [0.15, 0.2) is 23.0 Å². The Kier molecular flexibility index (Phi) is 4.56. The highest BCUT2D eigenvalue weighted by molar-refractivity contribution is 5.72. The van der Waals surface area contributed by atoms with E-state index in [4.69, 9.17) is 18.9 Å². The zero-order valence-corrected chi connectivity index (χ0v) is 13.8. The summed E-state index contributed by atoms with van der Waals surface area (Å²) in [6.45, 7) is 0.0763. The van der Waals surface area contributed by atoms with Gasteiger partial charge in [0.05, 0.1) is 20.6 Å². The molecule has 0 radical (unpaired) electrons. The molecule has 2 aromatic rings. The smallest absolute Gasteiger partial charge is 0.306 e. The van der Waals surface area contributed by atoms with E-state index < -0.39 is 11.9 Å². The molecule has 0 bridgehead atoms. The number of carbonyl (C=O) groups excluding carboxylic acids is 1. The fourth-order valence-corrected chi connectivity index (χ4v) is 2.79.